The minimum absolute atomic E-state index is 0.0560. The van der Waals surface area contributed by atoms with Gasteiger partial charge in [0.15, 0.2) is 0 Å². The van der Waals surface area contributed by atoms with Crippen LogP contribution in [-0.2, 0) is 20.4 Å². The molecule has 2 rings (SSSR count). The van der Waals surface area contributed by atoms with E-state index in [4.69, 9.17) is 14.2 Å². The molecule has 0 aliphatic heterocycles. The van der Waals surface area contributed by atoms with E-state index in [0.717, 1.165) is 12.1 Å². The number of hydrogen-bond donors (Lipinski definition) is 1. The van der Waals surface area contributed by atoms with E-state index >= 15 is 0 Å². The number of esters is 1. The highest BCUT2D eigenvalue weighted by Gasteiger charge is 2.30. The third kappa shape index (κ3) is 6.58. The zero-order valence-electron chi connectivity index (χ0n) is 14.7. The summed E-state index contributed by atoms with van der Waals surface area (Å²) in [4.78, 5) is 12.2. The van der Waals surface area contributed by atoms with Gasteiger partial charge in [0.2, 0.25) is 0 Å². The zero-order chi connectivity index (χ0) is 19.7. The van der Waals surface area contributed by atoms with Gasteiger partial charge in [-0.15, -0.1) is 0 Å². The van der Waals surface area contributed by atoms with Crippen LogP contribution in [0.2, 0.25) is 0 Å². The van der Waals surface area contributed by atoms with Gasteiger partial charge in [-0.3, -0.25) is 0 Å². The molecule has 0 spiro atoms. The van der Waals surface area contributed by atoms with E-state index < -0.39 is 17.7 Å². The molecule has 146 valence electrons. The molecule has 0 amide bonds. The Morgan fingerprint density at radius 2 is 1.74 bits per heavy atom. The number of carbonyl (C=O) groups is 1. The minimum atomic E-state index is -4.45. The zero-order valence-corrected chi connectivity index (χ0v) is 14.7. The van der Waals surface area contributed by atoms with Gasteiger partial charge in [0.25, 0.3) is 0 Å². The summed E-state index contributed by atoms with van der Waals surface area (Å²) in [5.74, 6) is -0.597. The Morgan fingerprint density at radius 3 is 2.48 bits per heavy atom. The first-order chi connectivity index (χ1) is 12.9. The molecule has 2 aromatic carbocycles. The third-order valence-corrected chi connectivity index (χ3v) is 3.51. The Hall–Kier alpha value is -2.58. The monoisotopic (exact) mass is 383 g/mol. The Kier molecular flexibility index (Phi) is 7.63. The Balaban J connectivity index is 2.02. The first-order valence-electron chi connectivity index (χ1n) is 8.19. The van der Waals surface area contributed by atoms with Crippen molar-refractivity contribution in [3.63, 3.8) is 0 Å². The summed E-state index contributed by atoms with van der Waals surface area (Å²) in [6.45, 7) is 1.11. The summed E-state index contributed by atoms with van der Waals surface area (Å²) < 4.78 is 53.7. The number of hydrogen-bond acceptors (Lipinski definition) is 5. The molecule has 2 aromatic rings. The van der Waals surface area contributed by atoms with Crippen molar-refractivity contribution in [2.24, 2.45) is 0 Å². The van der Waals surface area contributed by atoms with Crippen LogP contribution in [-0.4, -0.2) is 39.5 Å². The molecular weight excluding hydrogens is 363 g/mol. The van der Waals surface area contributed by atoms with E-state index in [9.17, 15) is 18.0 Å². The van der Waals surface area contributed by atoms with Crippen molar-refractivity contribution in [1.29, 1.82) is 0 Å². The van der Waals surface area contributed by atoms with Crippen molar-refractivity contribution < 1.29 is 32.2 Å². The van der Waals surface area contributed by atoms with Gasteiger partial charge in [0, 0.05) is 12.8 Å². The number of rotatable bonds is 9. The van der Waals surface area contributed by atoms with E-state index in [2.05, 4.69) is 5.32 Å². The highest BCUT2D eigenvalue weighted by Crippen LogP contribution is 2.31. The van der Waals surface area contributed by atoms with Crippen molar-refractivity contribution in [1.82, 2.24) is 0 Å². The van der Waals surface area contributed by atoms with Crippen molar-refractivity contribution in [3.05, 3.63) is 59.7 Å². The molecule has 8 heteroatoms. The van der Waals surface area contributed by atoms with E-state index in [-0.39, 0.29) is 24.5 Å². The van der Waals surface area contributed by atoms with Crippen molar-refractivity contribution in [2.75, 3.05) is 38.9 Å². The number of nitrogens with one attached hydrogen (secondary N) is 1. The maximum atomic E-state index is 12.8. The molecule has 0 atom stereocenters. The van der Waals surface area contributed by atoms with Crippen LogP contribution >= 0.6 is 0 Å². The smallest absolute Gasteiger partial charge is 0.416 e. The summed E-state index contributed by atoms with van der Waals surface area (Å²) >= 11 is 0. The molecule has 5 nitrogen and oxygen atoms in total. The third-order valence-electron chi connectivity index (χ3n) is 3.51. The van der Waals surface area contributed by atoms with Crippen LogP contribution in [0.3, 0.4) is 0 Å². The van der Waals surface area contributed by atoms with Gasteiger partial charge in [0.05, 0.1) is 36.6 Å². The largest absolute Gasteiger partial charge is 0.460 e. The molecule has 0 aliphatic rings. The molecule has 1 N–H and O–H groups in total. The number of halogens is 3. The van der Waals surface area contributed by atoms with Crippen molar-refractivity contribution in [2.45, 2.75) is 6.18 Å². The predicted molar refractivity (Wildman–Crippen MR) is 94.1 cm³/mol. The van der Waals surface area contributed by atoms with Gasteiger partial charge in [-0.25, -0.2) is 4.79 Å². The summed E-state index contributed by atoms with van der Waals surface area (Å²) in [5, 5.41) is 2.84. The van der Waals surface area contributed by atoms with Gasteiger partial charge in [0.1, 0.15) is 6.61 Å². The molecule has 0 unspecified atom stereocenters. The average molecular weight is 383 g/mol. The second-order valence-corrected chi connectivity index (χ2v) is 5.49. The van der Waals surface area contributed by atoms with Gasteiger partial charge in [-0.2, -0.15) is 13.2 Å². The number of alkyl halides is 3. The van der Waals surface area contributed by atoms with Crippen LogP contribution in [0.25, 0.3) is 0 Å². The lowest BCUT2D eigenvalue weighted by Crippen LogP contribution is -2.14. The summed E-state index contributed by atoms with van der Waals surface area (Å²) in [6.07, 6.45) is -4.45. The second kappa shape index (κ2) is 9.94. The Morgan fingerprint density at radius 1 is 1.00 bits per heavy atom. The topological polar surface area (TPSA) is 56.8 Å². The van der Waals surface area contributed by atoms with Gasteiger partial charge in [-0.05, 0) is 30.3 Å². The first kappa shape index (κ1) is 20.7. The fourth-order valence-electron chi connectivity index (χ4n) is 2.21. The highest BCUT2D eigenvalue weighted by atomic mass is 19.4. The second-order valence-electron chi connectivity index (χ2n) is 5.49. The molecule has 0 aromatic heterocycles. The lowest BCUT2D eigenvalue weighted by Gasteiger charge is -2.13. The number of benzene rings is 2. The van der Waals surface area contributed by atoms with E-state index in [0.29, 0.717) is 18.9 Å². The molecule has 0 heterocycles. The van der Waals surface area contributed by atoms with Crippen LogP contribution in [0, 0.1) is 0 Å². The fraction of sp³-hybridized carbons (Fsp3) is 0.316. The van der Waals surface area contributed by atoms with Crippen LogP contribution < -0.4 is 5.32 Å². The number of carbonyl (C=O) groups excluding carboxylic acids is 1. The molecule has 0 aliphatic carbocycles. The lowest BCUT2D eigenvalue weighted by molar-refractivity contribution is -0.137. The Labute approximate surface area is 155 Å². The van der Waals surface area contributed by atoms with Crippen molar-refractivity contribution in [3.8, 4) is 0 Å². The van der Waals surface area contributed by atoms with Gasteiger partial charge < -0.3 is 19.5 Å². The van der Waals surface area contributed by atoms with Crippen LogP contribution in [0.15, 0.2) is 48.5 Å². The lowest BCUT2D eigenvalue weighted by atomic mass is 10.1. The maximum absolute atomic E-state index is 12.8. The van der Waals surface area contributed by atoms with Gasteiger partial charge >= 0.3 is 12.1 Å². The van der Waals surface area contributed by atoms with E-state index in [1.807, 2.05) is 0 Å². The molecule has 0 radical (unpaired) electrons. The highest BCUT2D eigenvalue weighted by molar-refractivity contribution is 5.96. The summed E-state index contributed by atoms with van der Waals surface area (Å²) in [5.41, 5.74) is 0.00247. The minimum Gasteiger partial charge on any atom is -0.460 e. The van der Waals surface area contributed by atoms with Crippen molar-refractivity contribution >= 4 is 17.3 Å². The van der Waals surface area contributed by atoms with Crippen LogP contribution in [0.5, 0.6) is 0 Å². The summed E-state index contributed by atoms with van der Waals surface area (Å²) in [6, 6.07) is 11.2. The normalized spacial score (nSPS) is 11.3. The number of methoxy groups -OCH3 is 1. The first-order valence-corrected chi connectivity index (χ1v) is 8.19. The standard InChI is InChI=1S/C19H20F3NO4/c1-25-9-10-26-11-12-27-18(24)16-7-2-3-8-17(16)23-15-6-4-5-14(13-15)19(20,21)22/h2-8,13,23H,9-12H2,1H3. The molecule has 0 bridgehead atoms. The molecular formula is C19H20F3NO4. The van der Waals surface area contributed by atoms with Gasteiger partial charge in [-0.1, -0.05) is 18.2 Å². The molecule has 0 fully saturated rings. The number of anilines is 2. The van der Waals surface area contributed by atoms with Crippen LogP contribution in [0.4, 0.5) is 24.5 Å². The molecule has 0 saturated heterocycles. The predicted octanol–water partition coefficient (Wildman–Crippen LogP) is 4.27. The SMILES string of the molecule is COCCOCCOC(=O)c1ccccc1Nc1cccc(C(F)(F)F)c1. The van der Waals surface area contributed by atoms with E-state index in [1.54, 1.807) is 25.3 Å². The molecule has 27 heavy (non-hydrogen) atoms. The number of ether oxygens (including phenoxy) is 3. The van der Waals surface area contributed by atoms with Crippen LogP contribution in [0.1, 0.15) is 15.9 Å². The quantitative estimate of drug-likeness (QED) is 0.518. The summed E-state index contributed by atoms with van der Waals surface area (Å²) in [7, 11) is 1.55. The average Bonchev–Trinajstić information content (AvgIpc) is 2.64. The number of para-hydroxylation sites is 1. The van der Waals surface area contributed by atoms with E-state index in [1.165, 1.54) is 18.2 Å². The fourth-order valence-corrected chi connectivity index (χ4v) is 2.21. The maximum Gasteiger partial charge on any atom is 0.416 e. The Bertz CT molecular complexity index is 750. The molecule has 0 saturated carbocycles.